The Labute approximate surface area is 182 Å². The molecule has 2 N–H and O–H groups in total. The highest BCUT2D eigenvalue weighted by Crippen LogP contribution is 2.33. The molecule has 164 valence electrons. The van der Waals surface area contributed by atoms with Crippen molar-refractivity contribution in [1.82, 2.24) is 10.6 Å². The van der Waals surface area contributed by atoms with Gasteiger partial charge in [0.15, 0.2) is 0 Å². The summed E-state index contributed by atoms with van der Waals surface area (Å²) in [5, 5.41) is 5.40. The number of nitrogens with one attached hydrogen (secondary N) is 2. The molecule has 7 nitrogen and oxygen atoms in total. The van der Waals surface area contributed by atoms with E-state index in [1.165, 1.54) is 7.11 Å². The molecule has 0 saturated heterocycles. The van der Waals surface area contributed by atoms with Crippen LogP contribution in [0, 0.1) is 5.92 Å². The molecule has 0 spiro atoms. The number of methoxy groups -OCH3 is 1. The molecule has 1 fully saturated rings. The molecule has 0 radical (unpaired) electrons. The first-order valence-electron chi connectivity index (χ1n) is 10.4. The molecule has 7 heteroatoms. The maximum atomic E-state index is 13.0. The first-order chi connectivity index (χ1) is 15.0. The molecule has 2 amide bonds. The second-order valence-electron chi connectivity index (χ2n) is 7.71. The monoisotopic (exact) mass is 424 g/mol. The van der Waals surface area contributed by atoms with Gasteiger partial charge in [0, 0.05) is 6.42 Å². The van der Waals surface area contributed by atoms with Crippen LogP contribution in [0.5, 0.6) is 0 Å². The second-order valence-corrected chi connectivity index (χ2v) is 7.71. The second kappa shape index (κ2) is 11.2. The predicted octanol–water partition coefficient (Wildman–Crippen LogP) is 2.98. The van der Waals surface area contributed by atoms with Crippen LogP contribution in [0.1, 0.15) is 30.4 Å². The third kappa shape index (κ3) is 7.44. The van der Waals surface area contributed by atoms with E-state index in [9.17, 15) is 14.4 Å². The largest absolute Gasteiger partial charge is 0.467 e. The predicted molar refractivity (Wildman–Crippen MR) is 115 cm³/mol. The van der Waals surface area contributed by atoms with Crippen molar-refractivity contribution in [1.29, 1.82) is 0 Å². The molecule has 1 saturated carbocycles. The van der Waals surface area contributed by atoms with Crippen LogP contribution in [0.2, 0.25) is 0 Å². The third-order valence-corrected chi connectivity index (χ3v) is 5.17. The number of amides is 2. The number of alkyl carbamates (subject to hydrolysis) is 1. The van der Waals surface area contributed by atoms with Crippen LogP contribution < -0.4 is 10.6 Å². The standard InChI is InChI=1S/C24H28N2O5/c1-30-23(28)21(15-18-12-13-18)25-22(27)20(14-17-8-4-2-5-9-17)26-24(29)31-16-19-10-6-3-7-11-19/h2-11,18,20-21H,12-16H2,1H3,(H,25,27)(H,26,29)/t20-,21-/m1/s1. The Morgan fingerprint density at radius 2 is 1.52 bits per heavy atom. The van der Waals surface area contributed by atoms with Crippen LogP contribution in [-0.2, 0) is 32.1 Å². The lowest BCUT2D eigenvalue weighted by molar-refractivity contribution is -0.145. The highest BCUT2D eigenvalue weighted by molar-refractivity contribution is 5.89. The molecular weight excluding hydrogens is 396 g/mol. The van der Waals surface area contributed by atoms with Crippen molar-refractivity contribution < 1.29 is 23.9 Å². The highest BCUT2D eigenvalue weighted by atomic mass is 16.5. The Balaban J connectivity index is 1.64. The summed E-state index contributed by atoms with van der Waals surface area (Å²) in [5.41, 5.74) is 1.72. The number of ether oxygens (including phenoxy) is 2. The van der Waals surface area contributed by atoms with Crippen LogP contribution in [0.25, 0.3) is 0 Å². The van der Waals surface area contributed by atoms with E-state index in [1.807, 2.05) is 60.7 Å². The fourth-order valence-electron chi connectivity index (χ4n) is 3.28. The van der Waals surface area contributed by atoms with Crippen molar-refractivity contribution in [3.63, 3.8) is 0 Å². The van der Waals surface area contributed by atoms with E-state index < -0.39 is 30.1 Å². The molecule has 0 bridgehead atoms. The van der Waals surface area contributed by atoms with E-state index in [2.05, 4.69) is 10.6 Å². The van der Waals surface area contributed by atoms with Gasteiger partial charge >= 0.3 is 12.1 Å². The average Bonchev–Trinajstić information content (AvgIpc) is 3.61. The van der Waals surface area contributed by atoms with Crippen molar-refractivity contribution in [3.05, 3.63) is 71.8 Å². The zero-order valence-electron chi connectivity index (χ0n) is 17.6. The van der Waals surface area contributed by atoms with Gasteiger partial charge in [-0.25, -0.2) is 9.59 Å². The summed E-state index contributed by atoms with van der Waals surface area (Å²) >= 11 is 0. The number of carbonyl (C=O) groups excluding carboxylic acids is 3. The molecule has 0 heterocycles. The smallest absolute Gasteiger partial charge is 0.408 e. The zero-order valence-corrected chi connectivity index (χ0v) is 17.6. The van der Waals surface area contributed by atoms with E-state index in [4.69, 9.17) is 9.47 Å². The van der Waals surface area contributed by atoms with Gasteiger partial charge in [-0.15, -0.1) is 0 Å². The fraction of sp³-hybridized carbons (Fsp3) is 0.375. The Kier molecular flexibility index (Phi) is 8.04. The number of benzene rings is 2. The van der Waals surface area contributed by atoms with Gasteiger partial charge < -0.3 is 20.1 Å². The number of carbonyl (C=O) groups is 3. The minimum absolute atomic E-state index is 0.0960. The van der Waals surface area contributed by atoms with E-state index in [0.29, 0.717) is 12.3 Å². The number of hydrogen-bond acceptors (Lipinski definition) is 5. The molecule has 2 atom stereocenters. The van der Waals surface area contributed by atoms with Crippen molar-refractivity contribution >= 4 is 18.0 Å². The molecule has 2 aromatic carbocycles. The van der Waals surface area contributed by atoms with Crippen LogP contribution in [0.15, 0.2) is 60.7 Å². The Hall–Kier alpha value is -3.35. The quantitative estimate of drug-likeness (QED) is 0.572. The molecular formula is C24H28N2O5. The van der Waals surface area contributed by atoms with Gasteiger partial charge in [0.1, 0.15) is 18.7 Å². The van der Waals surface area contributed by atoms with Gasteiger partial charge in [0.05, 0.1) is 7.11 Å². The summed E-state index contributed by atoms with van der Waals surface area (Å²) < 4.78 is 10.1. The number of rotatable bonds is 10. The average molecular weight is 424 g/mol. The van der Waals surface area contributed by atoms with Crippen molar-refractivity contribution in [2.45, 2.75) is 44.4 Å². The molecule has 0 aromatic heterocycles. The normalized spacial score (nSPS) is 14.7. The fourth-order valence-corrected chi connectivity index (χ4v) is 3.28. The van der Waals surface area contributed by atoms with Crippen molar-refractivity contribution in [2.24, 2.45) is 5.92 Å². The van der Waals surface area contributed by atoms with Gasteiger partial charge in [-0.3, -0.25) is 4.79 Å². The van der Waals surface area contributed by atoms with Gasteiger partial charge in [0.25, 0.3) is 0 Å². The molecule has 3 rings (SSSR count). The summed E-state index contributed by atoms with van der Waals surface area (Å²) in [7, 11) is 1.30. The number of hydrogen-bond donors (Lipinski definition) is 2. The lowest BCUT2D eigenvalue weighted by Crippen LogP contribution is -2.52. The van der Waals surface area contributed by atoms with Crippen LogP contribution in [0.3, 0.4) is 0 Å². The topological polar surface area (TPSA) is 93.7 Å². The van der Waals surface area contributed by atoms with E-state index in [-0.39, 0.29) is 13.0 Å². The minimum Gasteiger partial charge on any atom is -0.467 e. The first-order valence-corrected chi connectivity index (χ1v) is 10.4. The van der Waals surface area contributed by atoms with Gasteiger partial charge in [-0.1, -0.05) is 73.5 Å². The maximum absolute atomic E-state index is 13.0. The Morgan fingerprint density at radius 1 is 0.903 bits per heavy atom. The summed E-state index contributed by atoms with van der Waals surface area (Å²) in [6.45, 7) is 0.0960. The van der Waals surface area contributed by atoms with Crippen LogP contribution >= 0.6 is 0 Å². The summed E-state index contributed by atoms with van der Waals surface area (Å²) in [4.78, 5) is 37.5. The zero-order chi connectivity index (χ0) is 22.1. The third-order valence-electron chi connectivity index (χ3n) is 5.17. The SMILES string of the molecule is COC(=O)[C@@H](CC1CC1)NC(=O)[C@@H](Cc1ccccc1)NC(=O)OCc1ccccc1. The van der Waals surface area contributed by atoms with Crippen LogP contribution in [-0.4, -0.2) is 37.2 Å². The first kappa shape index (κ1) is 22.3. The van der Waals surface area contributed by atoms with Crippen molar-refractivity contribution in [2.75, 3.05) is 7.11 Å². The van der Waals surface area contributed by atoms with Crippen molar-refractivity contribution in [3.8, 4) is 0 Å². The molecule has 31 heavy (non-hydrogen) atoms. The molecule has 0 unspecified atom stereocenters. The van der Waals surface area contributed by atoms with E-state index in [1.54, 1.807) is 0 Å². The highest BCUT2D eigenvalue weighted by Gasteiger charge is 2.33. The Morgan fingerprint density at radius 3 is 2.10 bits per heavy atom. The molecule has 2 aromatic rings. The van der Waals surface area contributed by atoms with Crippen LogP contribution in [0.4, 0.5) is 4.79 Å². The van der Waals surface area contributed by atoms with Gasteiger partial charge in [-0.05, 0) is 23.5 Å². The van der Waals surface area contributed by atoms with E-state index in [0.717, 1.165) is 24.0 Å². The maximum Gasteiger partial charge on any atom is 0.408 e. The Bertz CT molecular complexity index is 868. The van der Waals surface area contributed by atoms with Gasteiger partial charge in [-0.2, -0.15) is 0 Å². The minimum atomic E-state index is -0.892. The van der Waals surface area contributed by atoms with Gasteiger partial charge in [0.2, 0.25) is 5.91 Å². The molecule has 1 aliphatic rings. The summed E-state index contributed by atoms with van der Waals surface area (Å²) in [5.74, 6) is -0.511. The summed E-state index contributed by atoms with van der Waals surface area (Å²) in [6.07, 6.45) is 2.19. The lowest BCUT2D eigenvalue weighted by atomic mass is 10.0. The number of esters is 1. The van der Waals surface area contributed by atoms with E-state index >= 15 is 0 Å². The lowest BCUT2D eigenvalue weighted by Gasteiger charge is -2.22. The summed E-state index contributed by atoms with van der Waals surface area (Å²) in [6, 6.07) is 17.0. The molecule has 0 aliphatic heterocycles. The molecule has 1 aliphatic carbocycles.